The Morgan fingerprint density at radius 1 is 0.829 bits per heavy atom. The van der Waals surface area contributed by atoms with Gasteiger partial charge in [-0.25, -0.2) is 0 Å². The molecule has 3 nitrogen and oxygen atoms in total. The number of carbonyl (C=O) groups excluding carboxylic acids is 1. The number of benzene rings is 3. The molecule has 0 fully saturated rings. The summed E-state index contributed by atoms with van der Waals surface area (Å²) in [5.41, 5.74) is 0.264. The van der Waals surface area contributed by atoms with E-state index in [-0.39, 0.29) is 12.2 Å². The number of allylic oxidation sites excluding steroid dienone is 1. The van der Waals surface area contributed by atoms with E-state index >= 15 is 0 Å². The highest BCUT2D eigenvalue weighted by Crippen LogP contribution is 2.38. The van der Waals surface area contributed by atoms with Gasteiger partial charge in [0.05, 0.1) is 5.41 Å². The van der Waals surface area contributed by atoms with E-state index in [2.05, 4.69) is 4.74 Å². The van der Waals surface area contributed by atoms with E-state index in [1.165, 1.54) is 19.1 Å². The lowest BCUT2D eigenvalue weighted by Crippen LogP contribution is -2.41. The minimum atomic E-state index is -5.84. The molecule has 1 atom stereocenters. The minimum absolute atomic E-state index is 0.197. The zero-order valence-electron chi connectivity index (χ0n) is 19.0. The minimum Gasteiger partial charge on any atom is -0.457 e. The van der Waals surface area contributed by atoms with E-state index in [0.29, 0.717) is 17.1 Å². The molecule has 0 aliphatic heterocycles. The lowest BCUT2D eigenvalue weighted by molar-refractivity contribution is -0.360. The summed E-state index contributed by atoms with van der Waals surface area (Å²) in [6, 6.07) is 21.2. The molecule has 0 amide bonds. The van der Waals surface area contributed by atoms with Crippen LogP contribution in [0.1, 0.15) is 31.4 Å². The lowest BCUT2D eigenvalue weighted by atomic mass is 9.76. The Bertz CT molecular complexity index is 1170. The normalized spacial score (nSPS) is 13.9. The smallest absolute Gasteiger partial charge is 0.457 e. The van der Waals surface area contributed by atoms with E-state index in [0.717, 1.165) is 17.7 Å². The number of carbonyl (C=O) groups is 1. The van der Waals surface area contributed by atoms with Crippen molar-refractivity contribution in [3.8, 4) is 17.2 Å². The van der Waals surface area contributed by atoms with Gasteiger partial charge in [0.25, 0.3) is 0 Å². The van der Waals surface area contributed by atoms with Crippen LogP contribution in [-0.4, -0.2) is 18.1 Å². The molecule has 35 heavy (non-hydrogen) atoms. The van der Waals surface area contributed by atoms with Crippen LogP contribution in [0.4, 0.5) is 22.0 Å². The molecule has 0 aliphatic carbocycles. The van der Waals surface area contributed by atoms with Crippen molar-refractivity contribution in [2.75, 3.05) is 0 Å². The van der Waals surface area contributed by atoms with Crippen LogP contribution in [0.15, 0.2) is 84.9 Å². The number of ether oxygens (including phenoxy) is 2. The van der Waals surface area contributed by atoms with Crippen molar-refractivity contribution in [2.45, 2.75) is 38.0 Å². The van der Waals surface area contributed by atoms with Crippen LogP contribution >= 0.6 is 0 Å². The molecule has 1 unspecified atom stereocenters. The molecule has 0 aliphatic rings. The summed E-state index contributed by atoms with van der Waals surface area (Å²) in [5, 5.41) is 0. The van der Waals surface area contributed by atoms with Crippen molar-refractivity contribution >= 4 is 11.9 Å². The molecule has 0 aromatic heterocycles. The number of Topliss-reactive ketones (excluding diaryl/α,β-unsaturated/α-hetero) is 1. The number of para-hydroxylation sites is 1. The van der Waals surface area contributed by atoms with Crippen molar-refractivity contribution in [1.82, 2.24) is 0 Å². The van der Waals surface area contributed by atoms with Gasteiger partial charge < -0.3 is 9.47 Å². The summed E-state index contributed by atoms with van der Waals surface area (Å²) in [5.74, 6) is 0.475. The Hall–Kier alpha value is -3.68. The maximum atomic E-state index is 13.1. The van der Waals surface area contributed by atoms with Crippen LogP contribution in [0.5, 0.6) is 17.2 Å². The Balaban J connectivity index is 1.73. The number of alkyl halides is 5. The third-order valence-corrected chi connectivity index (χ3v) is 5.52. The fourth-order valence-electron chi connectivity index (χ4n) is 3.30. The van der Waals surface area contributed by atoms with Gasteiger partial charge in [0.2, 0.25) is 0 Å². The fraction of sp³-hybridized carbons (Fsp3) is 0.222. The van der Waals surface area contributed by atoms with E-state index in [9.17, 15) is 26.7 Å². The Morgan fingerprint density at radius 3 is 2.06 bits per heavy atom. The van der Waals surface area contributed by atoms with Crippen LogP contribution in [0.3, 0.4) is 0 Å². The first kappa shape index (κ1) is 25.9. The van der Waals surface area contributed by atoms with E-state index in [1.807, 2.05) is 60.7 Å². The number of rotatable bonds is 9. The molecule has 3 aromatic rings. The van der Waals surface area contributed by atoms with E-state index in [4.69, 9.17) is 4.74 Å². The van der Waals surface area contributed by atoms with Crippen molar-refractivity contribution in [2.24, 2.45) is 0 Å². The molecule has 3 aromatic carbocycles. The highest BCUT2D eigenvalue weighted by Gasteiger charge is 2.61. The zero-order valence-corrected chi connectivity index (χ0v) is 19.0. The van der Waals surface area contributed by atoms with E-state index in [1.54, 1.807) is 13.0 Å². The molecule has 0 saturated heterocycles. The highest BCUT2D eigenvalue weighted by molar-refractivity contribution is 5.88. The largest absolute Gasteiger partial charge is 0.499 e. The summed E-state index contributed by atoms with van der Waals surface area (Å²) in [4.78, 5) is 12.5. The van der Waals surface area contributed by atoms with Crippen LogP contribution in [0, 0.1) is 0 Å². The van der Waals surface area contributed by atoms with Crippen LogP contribution in [0.2, 0.25) is 0 Å². The lowest BCUT2D eigenvalue weighted by Gasteiger charge is -2.26. The summed E-state index contributed by atoms with van der Waals surface area (Å²) in [6.45, 7) is 3.07. The monoisotopic (exact) mass is 490 g/mol. The van der Waals surface area contributed by atoms with Gasteiger partial charge in [0.15, 0.2) is 0 Å². The number of hydrogen-bond acceptors (Lipinski definition) is 3. The topological polar surface area (TPSA) is 35.5 Å². The quantitative estimate of drug-likeness (QED) is 0.286. The maximum Gasteiger partial charge on any atom is 0.499 e. The third kappa shape index (κ3) is 6.47. The number of halogens is 5. The van der Waals surface area contributed by atoms with Gasteiger partial charge in [-0.3, -0.25) is 4.79 Å². The summed E-state index contributed by atoms with van der Waals surface area (Å²) in [7, 11) is 0. The van der Waals surface area contributed by atoms with Gasteiger partial charge in [-0.1, -0.05) is 54.6 Å². The van der Waals surface area contributed by atoms with Gasteiger partial charge in [0.1, 0.15) is 23.0 Å². The second kappa shape index (κ2) is 10.3. The molecule has 8 heteroatoms. The number of ketones is 1. The molecule has 0 spiro atoms. The average Bonchev–Trinajstić information content (AvgIpc) is 2.79. The Morgan fingerprint density at radius 2 is 1.46 bits per heavy atom. The molecule has 0 radical (unpaired) electrons. The Kier molecular flexibility index (Phi) is 7.63. The molecular formula is C27H23F5O3. The second-order valence-electron chi connectivity index (χ2n) is 8.12. The van der Waals surface area contributed by atoms with Gasteiger partial charge in [-0.15, -0.1) is 0 Å². The predicted octanol–water partition coefficient (Wildman–Crippen LogP) is 7.96. The van der Waals surface area contributed by atoms with Crippen molar-refractivity contribution in [3.05, 3.63) is 96.1 Å². The van der Waals surface area contributed by atoms with Gasteiger partial charge in [-0.05, 0) is 67.8 Å². The zero-order chi connectivity index (χ0) is 25.7. The van der Waals surface area contributed by atoms with Crippen molar-refractivity contribution < 1.29 is 36.2 Å². The first-order valence-electron chi connectivity index (χ1n) is 10.7. The number of hydrogen-bond donors (Lipinski definition) is 0. The van der Waals surface area contributed by atoms with Gasteiger partial charge in [-0.2, -0.15) is 22.0 Å². The van der Waals surface area contributed by atoms with Crippen LogP contribution in [-0.2, 0) is 10.2 Å². The van der Waals surface area contributed by atoms with Crippen LogP contribution < -0.4 is 9.47 Å². The first-order chi connectivity index (χ1) is 16.4. The SMILES string of the molecule is CC(=O)C(C)(CC=Cc1cccc(Oc2ccccc2)c1)c1ccc(OC(F)(F)C(F)(F)F)cc1. The van der Waals surface area contributed by atoms with Crippen molar-refractivity contribution in [3.63, 3.8) is 0 Å². The first-order valence-corrected chi connectivity index (χ1v) is 10.7. The molecule has 0 bridgehead atoms. The fourth-order valence-corrected chi connectivity index (χ4v) is 3.30. The highest BCUT2D eigenvalue weighted by atomic mass is 19.4. The maximum absolute atomic E-state index is 13.1. The van der Waals surface area contributed by atoms with E-state index < -0.39 is 23.4 Å². The molecule has 184 valence electrons. The molecule has 0 heterocycles. The molecular weight excluding hydrogens is 467 g/mol. The molecule has 0 saturated carbocycles. The van der Waals surface area contributed by atoms with Crippen molar-refractivity contribution in [1.29, 1.82) is 0 Å². The Labute approximate surface area is 199 Å². The summed E-state index contributed by atoms with van der Waals surface area (Å²) in [6.07, 6.45) is -7.27. The third-order valence-electron chi connectivity index (χ3n) is 5.52. The summed E-state index contributed by atoms with van der Waals surface area (Å²) >= 11 is 0. The second-order valence-corrected chi connectivity index (χ2v) is 8.12. The van der Waals surface area contributed by atoms with Gasteiger partial charge in [0, 0.05) is 0 Å². The summed E-state index contributed by atoms with van der Waals surface area (Å²) < 4.78 is 73.0. The van der Waals surface area contributed by atoms with Gasteiger partial charge >= 0.3 is 12.3 Å². The predicted molar refractivity (Wildman–Crippen MR) is 123 cm³/mol. The molecule has 3 rings (SSSR count). The standard InChI is InChI=1S/C27H23F5O3/c1-19(33)25(2,21-13-15-23(16-14-21)35-27(31,32)26(28,29)30)17-7-9-20-8-6-12-24(18-20)34-22-10-4-3-5-11-22/h3-16,18H,17H2,1-2H3. The average molecular weight is 490 g/mol. The molecule has 0 N–H and O–H groups in total. The van der Waals surface area contributed by atoms with Crippen LogP contribution in [0.25, 0.3) is 6.08 Å².